The molecule has 14 heavy (non-hydrogen) atoms. The first-order valence-corrected chi connectivity index (χ1v) is 6.20. The van der Waals surface area contributed by atoms with Crippen molar-refractivity contribution in [2.45, 2.75) is 32.9 Å². The first kappa shape index (κ1) is 11.7. The van der Waals surface area contributed by atoms with Gasteiger partial charge in [-0.15, -0.1) is 0 Å². The predicted molar refractivity (Wildman–Crippen MR) is 62.7 cm³/mol. The normalized spacial score (nSPS) is 13.1. The maximum absolute atomic E-state index is 4.49. The fourth-order valence-corrected chi connectivity index (χ4v) is 1.47. The van der Waals surface area contributed by atoms with Gasteiger partial charge >= 0.3 is 0 Å². The van der Waals surface area contributed by atoms with E-state index in [0.717, 1.165) is 30.5 Å². The Balaban J connectivity index is 2.42. The number of halogens is 1. The van der Waals surface area contributed by atoms with Crippen LogP contribution in [0.25, 0.3) is 0 Å². The number of alkyl halides is 1. The zero-order valence-corrected chi connectivity index (χ0v) is 10.4. The molecular formula is C10H18BrN3. The number of hydrogen-bond acceptors (Lipinski definition) is 2. The minimum atomic E-state index is 0.500. The highest BCUT2D eigenvalue weighted by Gasteiger charge is 2.03. The zero-order valence-electron chi connectivity index (χ0n) is 8.83. The fraction of sp³-hybridized carbons (Fsp3) is 0.700. The van der Waals surface area contributed by atoms with Crippen LogP contribution in [0.1, 0.15) is 32.0 Å². The molecule has 1 rings (SSSR count). The summed E-state index contributed by atoms with van der Waals surface area (Å²) in [6, 6.07) is 2.58. The van der Waals surface area contributed by atoms with Gasteiger partial charge in [0.1, 0.15) is 0 Å². The van der Waals surface area contributed by atoms with Crippen molar-refractivity contribution in [1.29, 1.82) is 0 Å². The summed E-state index contributed by atoms with van der Waals surface area (Å²) in [6.07, 6.45) is 3.18. The van der Waals surface area contributed by atoms with Crippen LogP contribution in [0.5, 0.6) is 0 Å². The van der Waals surface area contributed by atoms with Crippen LogP contribution < -0.4 is 5.32 Å². The van der Waals surface area contributed by atoms with E-state index in [1.807, 2.05) is 4.68 Å². The van der Waals surface area contributed by atoms with Crippen molar-refractivity contribution in [3.8, 4) is 0 Å². The molecule has 1 unspecified atom stereocenters. The van der Waals surface area contributed by atoms with E-state index in [0.29, 0.717) is 6.04 Å². The summed E-state index contributed by atoms with van der Waals surface area (Å²) < 4.78 is 2.03. The van der Waals surface area contributed by atoms with Crippen LogP contribution in [-0.2, 0) is 6.54 Å². The molecule has 0 aromatic carbocycles. The van der Waals surface area contributed by atoms with Crippen molar-refractivity contribution < 1.29 is 0 Å². The van der Waals surface area contributed by atoms with E-state index >= 15 is 0 Å². The van der Waals surface area contributed by atoms with Crippen molar-refractivity contribution in [2.24, 2.45) is 0 Å². The van der Waals surface area contributed by atoms with Gasteiger partial charge in [-0.2, -0.15) is 5.10 Å². The number of aromatic nitrogens is 2. The van der Waals surface area contributed by atoms with Crippen molar-refractivity contribution in [1.82, 2.24) is 15.1 Å². The third kappa shape index (κ3) is 3.42. The van der Waals surface area contributed by atoms with Gasteiger partial charge in [0.25, 0.3) is 0 Å². The van der Waals surface area contributed by atoms with Crippen LogP contribution in [0.3, 0.4) is 0 Å². The molecule has 0 radical (unpaired) electrons. The van der Waals surface area contributed by atoms with Crippen molar-refractivity contribution >= 4 is 15.9 Å². The lowest BCUT2D eigenvalue weighted by Gasteiger charge is -2.08. The van der Waals surface area contributed by atoms with Crippen LogP contribution in [0.15, 0.2) is 12.3 Å². The third-order valence-electron chi connectivity index (χ3n) is 2.28. The average molecular weight is 260 g/mol. The first-order chi connectivity index (χ1) is 6.77. The minimum Gasteiger partial charge on any atom is -0.310 e. The monoisotopic (exact) mass is 259 g/mol. The standard InChI is InChI=1S/C10H18BrN3/c1-3-9(2)14-7-4-10(13-14)8-12-6-5-11/h4,7,9,12H,3,5-6,8H2,1-2H3. The van der Waals surface area contributed by atoms with E-state index in [9.17, 15) is 0 Å². The van der Waals surface area contributed by atoms with Crippen LogP contribution in [-0.4, -0.2) is 21.7 Å². The summed E-state index contributed by atoms with van der Waals surface area (Å²) in [5, 5.41) is 8.78. The van der Waals surface area contributed by atoms with E-state index in [1.54, 1.807) is 0 Å². The Morgan fingerprint density at radius 2 is 2.43 bits per heavy atom. The quantitative estimate of drug-likeness (QED) is 0.628. The molecule has 0 saturated heterocycles. The summed E-state index contributed by atoms with van der Waals surface area (Å²) in [5.74, 6) is 0. The van der Waals surface area contributed by atoms with Crippen LogP contribution in [0, 0.1) is 0 Å². The molecule has 3 nitrogen and oxygen atoms in total. The summed E-state index contributed by atoms with van der Waals surface area (Å²) in [5.41, 5.74) is 1.12. The number of rotatable bonds is 6. The molecule has 0 bridgehead atoms. The molecule has 80 valence electrons. The van der Waals surface area contributed by atoms with Crippen molar-refractivity contribution in [3.63, 3.8) is 0 Å². The molecule has 1 atom stereocenters. The first-order valence-electron chi connectivity index (χ1n) is 5.08. The van der Waals surface area contributed by atoms with Crippen LogP contribution >= 0.6 is 15.9 Å². The second-order valence-electron chi connectivity index (χ2n) is 3.41. The Labute approximate surface area is 94.0 Å². The van der Waals surface area contributed by atoms with Gasteiger partial charge < -0.3 is 5.32 Å². The Bertz CT molecular complexity index is 260. The van der Waals surface area contributed by atoms with Gasteiger partial charge in [0.05, 0.1) is 5.69 Å². The molecule has 0 spiro atoms. The molecule has 0 aliphatic rings. The summed E-state index contributed by atoms with van der Waals surface area (Å²) >= 11 is 3.37. The largest absolute Gasteiger partial charge is 0.310 e. The highest BCUT2D eigenvalue weighted by Crippen LogP contribution is 2.08. The fourth-order valence-electron chi connectivity index (χ4n) is 1.19. The van der Waals surface area contributed by atoms with Gasteiger partial charge in [-0.3, -0.25) is 4.68 Å². The van der Waals surface area contributed by atoms with E-state index in [-0.39, 0.29) is 0 Å². The van der Waals surface area contributed by atoms with E-state index in [2.05, 4.69) is 52.5 Å². The molecular weight excluding hydrogens is 242 g/mol. The van der Waals surface area contributed by atoms with E-state index < -0.39 is 0 Å². The van der Waals surface area contributed by atoms with Gasteiger partial charge in [-0.05, 0) is 19.4 Å². The predicted octanol–water partition coefficient (Wildman–Crippen LogP) is 2.34. The molecule has 1 aromatic heterocycles. The Hall–Kier alpha value is -0.350. The lowest BCUT2D eigenvalue weighted by molar-refractivity contribution is 0.472. The lowest BCUT2D eigenvalue weighted by atomic mass is 10.3. The molecule has 0 fully saturated rings. The SMILES string of the molecule is CCC(C)n1ccc(CNCCBr)n1. The average Bonchev–Trinajstić information content (AvgIpc) is 2.66. The Kier molecular flexibility index (Phi) is 5.19. The van der Waals surface area contributed by atoms with Gasteiger partial charge in [0.15, 0.2) is 0 Å². The van der Waals surface area contributed by atoms with Crippen molar-refractivity contribution in [3.05, 3.63) is 18.0 Å². The topological polar surface area (TPSA) is 29.9 Å². The second kappa shape index (κ2) is 6.19. The van der Waals surface area contributed by atoms with E-state index in [1.165, 1.54) is 0 Å². The zero-order chi connectivity index (χ0) is 10.4. The van der Waals surface area contributed by atoms with Crippen molar-refractivity contribution in [2.75, 3.05) is 11.9 Å². The van der Waals surface area contributed by atoms with Gasteiger partial charge in [-0.1, -0.05) is 22.9 Å². The lowest BCUT2D eigenvalue weighted by Crippen LogP contribution is -2.16. The number of hydrogen-bond donors (Lipinski definition) is 1. The van der Waals surface area contributed by atoms with E-state index in [4.69, 9.17) is 0 Å². The third-order valence-corrected chi connectivity index (χ3v) is 2.68. The Morgan fingerprint density at radius 1 is 1.64 bits per heavy atom. The summed E-state index contributed by atoms with van der Waals surface area (Å²) in [6.45, 7) is 6.20. The Morgan fingerprint density at radius 3 is 3.07 bits per heavy atom. The highest BCUT2D eigenvalue weighted by atomic mass is 79.9. The molecule has 0 saturated carbocycles. The number of nitrogens with zero attached hydrogens (tertiary/aromatic N) is 2. The van der Waals surface area contributed by atoms with Crippen LogP contribution in [0.2, 0.25) is 0 Å². The molecule has 0 amide bonds. The maximum Gasteiger partial charge on any atom is 0.0762 e. The second-order valence-corrected chi connectivity index (χ2v) is 4.20. The molecule has 1 N–H and O–H groups in total. The van der Waals surface area contributed by atoms with Gasteiger partial charge in [0.2, 0.25) is 0 Å². The number of nitrogens with one attached hydrogen (secondary N) is 1. The van der Waals surface area contributed by atoms with Crippen LogP contribution in [0.4, 0.5) is 0 Å². The molecule has 1 heterocycles. The van der Waals surface area contributed by atoms with Gasteiger partial charge in [-0.25, -0.2) is 0 Å². The molecule has 4 heteroatoms. The smallest absolute Gasteiger partial charge is 0.0762 e. The maximum atomic E-state index is 4.49. The van der Waals surface area contributed by atoms with Gasteiger partial charge in [0, 0.05) is 30.7 Å². The summed E-state index contributed by atoms with van der Waals surface area (Å²) in [7, 11) is 0. The molecule has 1 aromatic rings. The molecule has 0 aliphatic carbocycles. The molecule has 0 aliphatic heterocycles. The minimum absolute atomic E-state index is 0.500. The summed E-state index contributed by atoms with van der Waals surface area (Å²) in [4.78, 5) is 0. The highest BCUT2D eigenvalue weighted by molar-refractivity contribution is 9.09.